The smallest absolute Gasteiger partial charge is 0.390 e. The molecule has 0 aliphatic heterocycles. The number of aliphatic hydroxyl groups is 1. The highest BCUT2D eigenvalue weighted by molar-refractivity contribution is 7.86. The number of aliphatic hydroxyl groups excluding tert-OH is 1. The molecule has 0 atom stereocenters. The van der Waals surface area contributed by atoms with Crippen molar-refractivity contribution in [2.75, 3.05) is 13.2 Å². The maximum absolute atomic E-state index is 13.4. The minimum atomic E-state index is -9.11. The third kappa shape index (κ3) is 3.82. The van der Waals surface area contributed by atoms with Crippen molar-refractivity contribution in [2.45, 2.75) is 47.0 Å². The van der Waals surface area contributed by atoms with E-state index >= 15 is 0 Å². The Morgan fingerprint density at radius 1 is 0.529 bits per heavy atom. The first-order chi connectivity index (χ1) is 14.3. The molecule has 0 aromatic carbocycles. The third-order valence-corrected chi connectivity index (χ3v) is 5.52. The molecule has 0 amide bonds. The molecule has 34 heavy (non-hydrogen) atoms. The molecule has 24 heteroatoms. The molecule has 0 rings (SSSR count). The van der Waals surface area contributed by atoms with Gasteiger partial charge in [0.15, 0.2) is 10.9 Å². The zero-order chi connectivity index (χ0) is 28.4. The van der Waals surface area contributed by atoms with E-state index < -0.39 is 74.5 Å². The van der Waals surface area contributed by atoms with Gasteiger partial charge >= 0.3 is 57.0 Å². The van der Waals surface area contributed by atoms with Crippen LogP contribution >= 0.6 is 0 Å². The summed E-state index contributed by atoms with van der Waals surface area (Å²) in [5, 5.41) is -0.289. The fraction of sp³-hybridized carbons (Fsp3) is 1.00. The van der Waals surface area contributed by atoms with Gasteiger partial charge in [0.05, 0.1) is 8.96 Å². The van der Waals surface area contributed by atoms with Gasteiger partial charge in [-0.3, -0.25) is 0 Å². The van der Waals surface area contributed by atoms with E-state index in [1.807, 2.05) is 0 Å². The summed E-state index contributed by atoms with van der Waals surface area (Å²) in [7, 11) is -8.65. The van der Waals surface area contributed by atoms with Crippen molar-refractivity contribution >= 4 is 10.0 Å². The van der Waals surface area contributed by atoms with Gasteiger partial charge in [0.2, 0.25) is 0 Å². The van der Waals surface area contributed by atoms with Crippen LogP contribution in [0.4, 0.5) is 83.6 Å². The monoisotopic (exact) mass is 580 g/mol. The second-order valence-electron chi connectivity index (χ2n) is 5.95. The van der Waals surface area contributed by atoms with Crippen LogP contribution in [0.25, 0.3) is 0 Å². The van der Waals surface area contributed by atoms with Crippen molar-refractivity contribution in [2.24, 2.45) is 0 Å². The van der Waals surface area contributed by atoms with Gasteiger partial charge in [-0.05, 0) is 0 Å². The minimum absolute atomic E-state index is 2.24. The van der Waals surface area contributed by atoms with E-state index in [4.69, 9.17) is 5.11 Å². The number of quaternary nitrogens is 1. The average Bonchev–Trinajstić information content (AvgIpc) is 2.59. The first kappa shape index (κ1) is 32.5. The van der Waals surface area contributed by atoms with Gasteiger partial charge in [-0.25, -0.2) is 0 Å². The zero-order valence-electron chi connectivity index (χ0n) is 14.7. The predicted molar refractivity (Wildman–Crippen MR) is 64.0 cm³/mol. The zero-order valence-corrected chi connectivity index (χ0v) is 15.5. The van der Waals surface area contributed by atoms with Crippen LogP contribution in [0, 0.1) is 0 Å². The lowest BCUT2D eigenvalue weighted by molar-refractivity contribution is -1.07. The van der Waals surface area contributed by atoms with Crippen LogP contribution < -0.4 is 0 Å². The molecular formula is C10H5F19NO3S+. The van der Waals surface area contributed by atoms with Crippen molar-refractivity contribution in [3.05, 3.63) is 0 Å². The average molecular weight is 580 g/mol. The van der Waals surface area contributed by atoms with Crippen molar-refractivity contribution in [3.63, 3.8) is 0 Å². The van der Waals surface area contributed by atoms with E-state index in [9.17, 15) is 92.0 Å². The Kier molecular flexibility index (Phi) is 7.68. The minimum Gasteiger partial charge on any atom is -0.390 e. The molecule has 1 N–H and O–H groups in total. The molecule has 0 fully saturated rings. The van der Waals surface area contributed by atoms with E-state index in [1.165, 1.54) is 0 Å². The summed E-state index contributed by atoms with van der Waals surface area (Å²) in [4.78, 5) is 0. The molecule has 0 aromatic rings. The second kappa shape index (κ2) is 8.03. The van der Waals surface area contributed by atoms with Crippen LogP contribution in [0.1, 0.15) is 0 Å². The van der Waals surface area contributed by atoms with Crippen molar-refractivity contribution in [1.82, 2.24) is 0 Å². The van der Waals surface area contributed by atoms with Crippen molar-refractivity contribution in [3.8, 4) is 0 Å². The van der Waals surface area contributed by atoms with Crippen LogP contribution in [-0.2, 0) is 10.0 Å². The van der Waals surface area contributed by atoms with Crippen molar-refractivity contribution < 1.29 is 101 Å². The standard InChI is InChI=1S/C10H5F19NO3S/c11-3(12,5(15,16)7(19,20)9(23,24)25)4(13,14)6(17,18)8(21,22)10(26,27)34(32,33)30(28,29)1-2-31/h31H,1-2H2/q+1. The number of rotatable bonds is 10. The summed E-state index contributed by atoms with van der Waals surface area (Å²) in [5.74, 6) is -53.3. The lowest BCUT2D eigenvalue weighted by Crippen LogP contribution is -2.75. The molecule has 4 nitrogen and oxygen atoms in total. The Balaban J connectivity index is 7.08. The highest BCUT2D eigenvalue weighted by Crippen LogP contribution is 2.64. The van der Waals surface area contributed by atoms with Gasteiger partial charge in [-0.1, -0.05) is 0 Å². The fourth-order valence-corrected chi connectivity index (χ4v) is 2.83. The molecule has 0 aliphatic carbocycles. The topological polar surface area (TPSA) is 54.4 Å². The lowest BCUT2D eigenvalue weighted by atomic mass is 9.91. The summed E-state index contributed by atoms with van der Waals surface area (Å²) < 4.78 is 263. The molecule has 206 valence electrons. The number of sulfonamides is 1. The van der Waals surface area contributed by atoms with E-state index in [0.29, 0.717) is 0 Å². The molecule has 0 aliphatic rings. The number of halogens is 19. The van der Waals surface area contributed by atoms with Gasteiger partial charge in [-0.15, -0.1) is 0 Å². The maximum Gasteiger partial charge on any atom is 0.471 e. The summed E-state index contributed by atoms with van der Waals surface area (Å²) in [6.07, 6.45) is -7.98. The fourth-order valence-electron chi connectivity index (χ4n) is 1.72. The molecule has 0 radical (unpaired) electrons. The summed E-state index contributed by atoms with van der Waals surface area (Å²) >= 11 is 0. The van der Waals surface area contributed by atoms with Gasteiger partial charge in [0.25, 0.3) is 0 Å². The molecule has 0 unspecified atom stereocenters. The lowest BCUT2D eigenvalue weighted by Gasteiger charge is -2.42. The summed E-state index contributed by atoms with van der Waals surface area (Å²) in [6.45, 7) is -5.14. The highest BCUT2D eigenvalue weighted by atomic mass is 32.2. The van der Waals surface area contributed by atoms with Gasteiger partial charge in [0.1, 0.15) is 6.61 Å². The van der Waals surface area contributed by atoms with E-state index in [2.05, 4.69) is 0 Å². The molecule has 0 saturated carbocycles. The van der Waals surface area contributed by atoms with Gasteiger partial charge in [0, 0.05) is 0 Å². The maximum atomic E-state index is 13.4. The van der Waals surface area contributed by atoms with Crippen LogP contribution in [0.5, 0.6) is 0 Å². The Morgan fingerprint density at radius 2 is 0.794 bits per heavy atom. The summed E-state index contributed by atoms with van der Waals surface area (Å²) in [5.41, 5.74) is 0. The Bertz CT molecular complexity index is 860. The van der Waals surface area contributed by atoms with Crippen LogP contribution in [-0.4, -0.2) is 78.0 Å². The third-order valence-electron chi connectivity index (χ3n) is 3.73. The Morgan fingerprint density at radius 3 is 1.06 bits per heavy atom. The largest absolute Gasteiger partial charge is 0.471 e. The molecule has 0 aromatic heterocycles. The van der Waals surface area contributed by atoms with Crippen molar-refractivity contribution in [1.29, 1.82) is 0 Å². The number of hydrogen-bond donors (Lipinski definition) is 1. The Hall–Kier alpha value is -1.46. The molecule has 0 spiro atoms. The second-order valence-corrected chi connectivity index (χ2v) is 7.95. The molecule has 0 saturated heterocycles. The van der Waals surface area contributed by atoms with E-state index in [-0.39, 0.29) is 0 Å². The SMILES string of the molecule is O=S(=O)(C(F)(F)C(F)(F)C(F)(F)C(F)(F)C(F)(F)C(F)(F)C(F)(F)C(F)(F)F)[N+](F)(F)CCO. The predicted octanol–water partition coefficient (Wildman–Crippen LogP) is 4.86. The van der Waals surface area contributed by atoms with Crippen LogP contribution in [0.2, 0.25) is 0 Å². The van der Waals surface area contributed by atoms with Crippen LogP contribution in [0.15, 0.2) is 0 Å². The normalized spacial score (nSPS) is 16.7. The first-order valence-electron chi connectivity index (χ1n) is 7.15. The highest BCUT2D eigenvalue weighted by Gasteiger charge is 2.97. The number of nitrogens with zero attached hydrogens (tertiary/aromatic N) is 1. The molecule has 0 bridgehead atoms. The Labute approximate surface area is 173 Å². The first-order valence-corrected chi connectivity index (χ1v) is 8.59. The molecule has 0 heterocycles. The van der Waals surface area contributed by atoms with E-state index in [1.54, 1.807) is 0 Å². The van der Waals surface area contributed by atoms with Gasteiger partial charge < -0.3 is 5.11 Å². The quantitative estimate of drug-likeness (QED) is 0.297. The summed E-state index contributed by atoms with van der Waals surface area (Å²) in [6, 6.07) is 0. The van der Waals surface area contributed by atoms with Crippen LogP contribution in [0.3, 0.4) is 0 Å². The van der Waals surface area contributed by atoms with Gasteiger partial charge in [-0.2, -0.15) is 83.1 Å². The number of alkyl halides is 17. The molecular weight excluding hydrogens is 575 g/mol. The number of hydrogen-bond acceptors (Lipinski definition) is 3. The van der Waals surface area contributed by atoms with E-state index in [0.717, 1.165) is 0 Å².